The zero-order chi connectivity index (χ0) is 21.3. The summed E-state index contributed by atoms with van der Waals surface area (Å²) in [7, 11) is -3.30. The summed E-state index contributed by atoms with van der Waals surface area (Å²) < 4.78 is 25.6. The molecule has 6 nitrogen and oxygen atoms in total. The predicted octanol–water partition coefficient (Wildman–Crippen LogP) is 2.87. The van der Waals surface area contributed by atoms with Gasteiger partial charge in [0.15, 0.2) is 9.84 Å². The van der Waals surface area contributed by atoms with Crippen LogP contribution in [0.2, 0.25) is 0 Å². The van der Waals surface area contributed by atoms with Crippen LogP contribution in [-0.2, 0) is 16.4 Å². The molecule has 1 aliphatic carbocycles. The molecule has 7 heteroatoms. The smallest absolute Gasteiger partial charge is 0.180 e. The molecule has 2 bridgehead atoms. The molecule has 2 aromatic carbocycles. The van der Waals surface area contributed by atoms with Crippen LogP contribution in [0, 0.1) is 12.8 Å². The van der Waals surface area contributed by atoms with Gasteiger partial charge in [-0.2, -0.15) is 0 Å². The van der Waals surface area contributed by atoms with Gasteiger partial charge >= 0.3 is 0 Å². The monoisotopic (exact) mass is 434 g/mol. The molecule has 0 amide bonds. The number of sulfone groups is 1. The van der Waals surface area contributed by atoms with Crippen molar-refractivity contribution in [3.05, 3.63) is 59.7 Å². The van der Waals surface area contributed by atoms with Gasteiger partial charge in [-0.15, -0.1) is 0 Å². The van der Waals surface area contributed by atoms with Crippen LogP contribution in [0.4, 0.5) is 11.5 Å². The van der Waals surface area contributed by atoms with Crippen LogP contribution in [-0.4, -0.2) is 44.3 Å². The first-order chi connectivity index (χ1) is 14.9. The maximum absolute atomic E-state index is 12.8. The molecule has 2 N–H and O–H groups in total. The zero-order valence-corrected chi connectivity index (χ0v) is 18.3. The van der Waals surface area contributed by atoms with E-state index in [0.29, 0.717) is 29.9 Å². The molecule has 3 aliphatic heterocycles. The van der Waals surface area contributed by atoms with Crippen molar-refractivity contribution in [1.29, 1.82) is 0 Å². The first-order valence-corrected chi connectivity index (χ1v) is 12.6. The summed E-state index contributed by atoms with van der Waals surface area (Å²) in [6.07, 6.45) is 1.15. The Bertz CT molecular complexity index is 1310. The van der Waals surface area contributed by atoms with Gasteiger partial charge in [0.05, 0.1) is 21.9 Å². The van der Waals surface area contributed by atoms with Gasteiger partial charge < -0.3 is 15.5 Å². The highest BCUT2D eigenvalue weighted by Crippen LogP contribution is 2.45. The third-order valence-electron chi connectivity index (χ3n) is 7.23. The molecule has 0 spiro atoms. The average Bonchev–Trinajstić information content (AvgIpc) is 3.31. The Morgan fingerprint density at radius 2 is 1.97 bits per heavy atom. The maximum Gasteiger partial charge on any atom is 0.180 e. The SMILES string of the molecule is Cc1ccc2nc(N3CCS(=O)(=O)c4ccccc4C3)cc(N3CC4CC3C4N)c2c1. The van der Waals surface area contributed by atoms with Crippen molar-refractivity contribution >= 4 is 32.2 Å². The summed E-state index contributed by atoms with van der Waals surface area (Å²) in [6.45, 7) is 4.04. The summed E-state index contributed by atoms with van der Waals surface area (Å²) in [4.78, 5) is 9.96. The summed E-state index contributed by atoms with van der Waals surface area (Å²) in [5, 5.41) is 1.14. The maximum atomic E-state index is 12.8. The molecule has 2 saturated heterocycles. The summed E-state index contributed by atoms with van der Waals surface area (Å²) >= 11 is 0. The average molecular weight is 435 g/mol. The van der Waals surface area contributed by atoms with Gasteiger partial charge in [-0.3, -0.25) is 0 Å². The lowest BCUT2D eigenvalue weighted by Gasteiger charge is -2.35. The summed E-state index contributed by atoms with van der Waals surface area (Å²) in [6, 6.07) is 16.4. The normalized spacial score (nSPS) is 26.5. The summed E-state index contributed by atoms with van der Waals surface area (Å²) in [5.74, 6) is 1.49. The Kier molecular flexibility index (Phi) is 4.11. The van der Waals surface area contributed by atoms with Crippen LogP contribution < -0.4 is 15.5 Å². The van der Waals surface area contributed by atoms with Gasteiger partial charge in [0.25, 0.3) is 0 Å². The van der Waals surface area contributed by atoms with Crippen molar-refractivity contribution in [2.75, 3.05) is 28.6 Å². The molecule has 3 unspecified atom stereocenters. The molecule has 0 radical (unpaired) electrons. The first kappa shape index (κ1) is 19.1. The molecule has 3 atom stereocenters. The fourth-order valence-electron chi connectivity index (χ4n) is 5.41. The van der Waals surface area contributed by atoms with Crippen LogP contribution in [0.1, 0.15) is 17.5 Å². The van der Waals surface area contributed by atoms with Crippen LogP contribution in [0.25, 0.3) is 10.9 Å². The Hall–Kier alpha value is -2.64. The number of aromatic nitrogens is 1. The number of nitrogens with two attached hydrogens (primary N) is 1. The van der Waals surface area contributed by atoms with Gasteiger partial charge in [0.2, 0.25) is 0 Å². The van der Waals surface area contributed by atoms with Crippen LogP contribution in [0.5, 0.6) is 0 Å². The van der Waals surface area contributed by atoms with Crippen molar-refractivity contribution < 1.29 is 8.42 Å². The molecular formula is C24H26N4O2S. The van der Waals surface area contributed by atoms with E-state index in [4.69, 9.17) is 10.7 Å². The minimum Gasteiger partial charge on any atom is -0.366 e. The second-order valence-electron chi connectivity index (χ2n) is 9.16. The van der Waals surface area contributed by atoms with E-state index in [1.54, 1.807) is 12.1 Å². The number of hydrogen-bond acceptors (Lipinski definition) is 6. The van der Waals surface area contributed by atoms with E-state index in [2.05, 4.69) is 41.0 Å². The number of hydrogen-bond donors (Lipinski definition) is 1. The van der Waals surface area contributed by atoms with E-state index in [9.17, 15) is 8.42 Å². The van der Waals surface area contributed by atoms with Gasteiger partial charge in [0, 0.05) is 43.2 Å². The highest BCUT2D eigenvalue weighted by atomic mass is 32.2. The van der Waals surface area contributed by atoms with E-state index in [-0.39, 0.29) is 11.8 Å². The highest BCUT2D eigenvalue weighted by Gasteiger charge is 2.50. The van der Waals surface area contributed by atoms with Crippen molar-refractivity contribution in [2.45, 2.75) is 36.9 Å². The zero-order valence-electron chi connectivity index (χ0n) is 17.5. The molecule has 4 heterocycles. The Morgan fingerprint density at radius 1 is 1.13 bits per heavy atom. The van der Waals surface area contributed by atoms with Crippen LogP contribution >= 0.6 is 0 Å². The molecule has 160 valence electrons. The van der Waals surface area contributed by atoms with Gasteiger partial charge in [-0.1, -0.05) is 29.8 Å². The third-order valence-corrected chi connectivity index (χ3v) is 9.01. The van der Waals surface area contributed by atoms with Gasteiger partial charge in [-0.05, 0) is 43.0 Å². The highest BCUT2D eigenvalue weighted by molar-refractivity contribution is 7.91. The number of pyridine rings is 1. The second kappa shape index (κ2) is 6.68. The minimum absolute atomic E-state index is 0.0895. The number of nitrogens with zero attached hydrogens (tertiary/aromatic N) is 3. The van der Waals surface area contributed by atoms with E-state index in [1.807, 2.05) is 12.1 Å². The molecule has 1 aromatic heterocycles. The second-order valence-corrected chi connectivity index (χ2v) is 11.2. The molecule has 31 heavy (non-hydrogen) atoms. The Labute approximate surface area is 182 Å². The summed E-state index contributed by atoms with van der Waals surface area (Å²) in [5.41, 5.74) is 10.5. The van der Waals surface area contributed by atoms with Gasteiger partial charge in [0.1, 0.15) is 5.82 Å². The lowest BCUT2D eigenvalue weighted by molar-refractivity contribution is 0.312. The fraction of sp³-hybridized carbons (Fsp3) is 0.375. The number of fused-ring (bicyclic) bond motifs is 3. The van der Waals surface area contributed by atoms with Crippen LogP contribution in [0.15, 0.2) is 53.4 Å². The standard InChI is InChI=1S/C24H26N4O2S/c1-15-6-7-19-18(10-15)20(28-14-17-11-21(28)24(17)25)12-23(26-19)27-8-9-31(29,30)22-5-3-2-4-16(22)13-27/h2-7,10,12,17,21,24H,8-9,11,13-14,25H2,1H3. The van der Waals surface area contributed by atoms with E-state index < -0.39 is 9.84 Å². The predicted molar refractivity (Wildman–Crippen MR) is 123 cm³/mol. The van der Waals surface area contributed by atoms with E-state index >= 15 is 0 Å². The fourth-order valence-corrected chi connectivity index (χ4v) is 6.90. The number of rotatable bonds is 2. The Balaban J connectivity index is 1.47. The molecular weight excluding hydrogens is 408 g/mol. The lowest BCUT2D eigenvalue weighted by atomic mass is 9.81. The quantitative estimate of drug-likeness (QED) is 0.668. The van der Waals surface area contributed by atoms with Gasteiger partial charge in [-0.25, -0.2) is 13.4 Å². The lowest BCUT2D eigenvalue weighted by Crippen LogP contribution is -2.49. The van der Waals surface area contributed by atoms with Crippen molar-refractivity contribution in [2.24, 2.45) is 11.7 Å². The molecule has 3 fully saturated rings. The number of aryl methyl sites for hydroxylation is 1. The third kappa shape index (κ3) is 2.94. The molecule has 7 rings (SSSR count). The van der Waals surface area contributed by atoms with Crippen molar-refractivity contribution in [3.63, 3.8) is 0 Å². The number of benzene rings is 2. The Morgan fingerprint density at radius 3 is 2.74 bits per heavy atom. The molecule has 4 aliphatic rings. The van der Waals surface area contributed by atoms with Crippen molar-refractivity contribution in [3.8, 4) is 0 Å². The molecule has 3 aromatic rings. The van der Waals surface area contributed by atoms with Crippen LogP contribution in [0.3, 0.4) is 0 Å². The largest absolute Gasteiger partial charge is 0.366 e. The number of anilines is 2. The van der Waals surface area contributed by atoms with Crippen molar-refractivity contribution in [1.82, 2.24) is 4.98 Å². The minimum atomic E-state index is -3.30. The van der Waals surface area contributed by atoms with E-state index in [1.165, 1.54) is 11.3 Å². The first-order valence-electron chi connectivity index (χ1n) is 10.9. The molecule has 1 saturated carbocycles. The van der Waals surface area contributed by atoms with E-state index in [0.717, 1.165) is 35.2 Å². The topological polar surface area (TPSA) is 79.5 Å².